The molecule has 0 saturated heterocycles. The van der Waals surface area contributed by atoms with Gasteiger partial charge in [0, 0.05) is 37.2 Å². The second kappa shape index (κ2) is 15.2. The van der Waals surface area contributed by atoms with Crippen LogP contribution in [0.4, 0.5) is 0 Å². The first-order valence-corrected chi connectivity index (χ1v) is 17.2. The van der Waals surface area contributed by atoms with Gasteiger partial charge in [-0.3, -0.25) is 0 Å². The number of benzene rings is 6. The van der Waals surface area contributed by atoms with E-state index in [1.54, 1.807) is 0 Å². The summed E-state index contributed by atoms with van der Waals surface area (Å²) in [6.07, 6.45) is 4.95. The Kier molecular flexibility index (Phi) is 10.8. The Morgan fingerprint density at radius 2 is 0.723 bits per heavy atom. The van der Waals surface area contributed by atoms with Crippen LogP contribution < -0.4 is 4.74 Å². The molecule has 47 heavy (non-hydrogen) atoms. The molecule has 0 unspecified atom stereocenters. The highest BCUT2D eigenvalue weighted by Crippen LogP contribution is 2.49. The highest BCUT2D eigenvalue weighted by molar-refractivity contribution is 6.35. The second-order valence-corrected chi connectivity index (χ2v) is 12.8. The number of fused-ring (bicyclic) bond motifs is 4. The van der Waals surface area contributed by atoms with Gasteiger partial charge in [0.25, 0.3) is 0 Å². The third-order valence-corrected chi connectivity index (χ3v) is 9.77. The molecule has 0 heterocycles. The third kappa shape index (κ3) is 6.41. The van der Waals surface area contributed by atoms with E-state index in [4.69, 9.17) is 27.9 Å². The SMILES string of the molecule is OCCCc1c2ccccc2c(CCCO)c2c(Oc3c(Cl)ccc4c(CCCO)c5ccccc5c(CCCO)c34)c(Cl)ccc12. The summed E-state index contributed by atoms with van der Waals surface area (Å²) in [5, 5.41) is 48.4. The average molecular weight is 672 g/mol. The molecule has 0 aliphatic rings. The predicted molar refractivity (Wildman–Crippen MR) is 195 cm³/mol. The van der Waals surface area contributed by atoms with Crippen LogP contribution in [0.25, 0.3) is 43.1 Å². The quantitative estimate of drug-likeness (QED) is 0.0868. The lowest BCUT2D eigenvalue weighted by Gasteiger charge is -2.23. The molecule has 0 aliphatic heterocycles. The molecule has 0 amide bonds. The Bertz CT molecular complexity index is 1910. The van der Waals surface area contributed by atoms with Crippen LogP contribution in [0.5, 0.6) is 11.5 Å². The first-order valence-electron chi connectivity index (χ1n) is 16.4. The number of halogens is 2. The maximum atomic E-state index is 9.90. The summed E-state index contributed by atoms with van der Waals surface area (Å²) in [6.45, 7) is 0.249. The Morgan fingerprint density at radius 1 is 0.404 bits per heavy atom. The highest BCUT2D eigenvalue weighted by Gasteiger charge is 2.24. The highest BCUT2D eigenvalue weighted by atomic mass is 35.5. The van der Waals surface area contributed by atoms with Crippen molar-refractivity contribution in [1.29, 1.82) is 0 Å². The van der Waals surface area contributed by atoms with E-state index in [1.165, 1.54) is 0 Å². The molecule has 0 spiro atoms. The molecule has 0 bridgehead atoms. The van der Waals surface area contributed by atoms with Crippen LogP contribution in [0, 0.1) is 0 Å². The van der Waals surface area contributed by atoms with Crippen molar-refractivity contribution in [2.45, 2.75) is 51.4 Å². The summed E-state index contributed by atoms with van der Waals surface area (Å²) < 4.78 is 7.04. The van der Waals surface area contributed by atoms with Gasteiger partial charge in [0.05, 0.1) is 10.0 Å². The summed E-state index contributed by atoms with van der Waals surface area (Å²) in [7, 11) is 0. The van der Waals surface area contributed by atoms with Gasteiger partial charge >= 0.3 is 0 Å². The molecule has 4 N–H and O–H groups in total. The smallest absolute Gasteiger partial charge is 0.154 e. The van der Waals surface area contributed by atoms with E-state index >= 15 is 0 Å². The average Bonchev–Trinajstić information content (AvgIpc) is 3.09. The molecular weight excluding hydrogens is 631 g/mol. The van der Waals surface area contributed by atoms with E-state index in [1.807, 2.05) is 48.5 Å². The van der Waals surface area contributed by atoms with Crippen molar-refractivity contribution >= 4 is 66.3 Å². The molecular formula is C40H40Cl2O5. The molecule has 7 heteroatoms. The van der Waals surface area contributed by atoms with E-state index in [0.717, 1.165) is 65.3 Å². The minimum atomic E-state index is 0.0475. The fraction of sp³-hybridized carbons (Fsp3) is 0.300. The van der Waals surface area contributed by atoms with Gasteiger partial charge in [-0.25, -0.2) is 0 Å². The van der Waals surface area contributed by atoms with Gasteiger partial charge in [-0.05, 0) is 118 Å². The van der Waals surface area contributed by atoms with E-state index < -0.39 is 0 Å². The van der Waals surface area contributed by atoms with Crippen molar-refractivity contribution < 1.29 is 25.2 Å². The normalized spacial score (nSPS) is 11.8. The standard InChI is InChI=1S/C40H40Cl2O5/c41-35-19-17-33-29(13-5-21-43)25-9-1-3-11-27(25)31(15-7-23-45)37(33)39(35)47-40-36(42)20-18-34-30(14-6-22-44)26-10-2-4-12-28(26)32(38(34)40)16-8-24-46/h1-4,9-12,17-20,43-46H,5-8,13-16,21-24H2. The van der Waals surface area contributed by atoms with E-state index in [9.17, 15) is 20.4 Å². The minimum Gasteiger partial charge on any atom is -0.453 e. The summed E-state index contributed by atoms with van der Waals surface area (Å²) in [5.74, 6) is 1.00. The minimum absolute atomic E-state index is 0.0475. The number of aliphatic hydroxyl groups excluding tert-OH is 4. The van der Waals surface area contributed by atoms with Gasteiger partial charge in [-0.2, -0.15) is 0 Å². The molecule has 6 aromatic rings. The van der Waals surface area contributed by atoms with Crippen molar-refractivity contribution in [3.8, 4) is 11.5 Å². The van der Waals surface area contributed by atoms with Gasteiger partial charge in [0.1, 0.15) is 0 Å². The van der Waals surface area contributed by atoms with Crippen LogP contribution in [0.2, 0.25) is 10.0 Å². The number of hydrogen-bond donors (Lipinski definition) is 4. The number of ether oxygens (including phenoxy) is 1. The maximum absolute atomic E-state index is 9.90. The summed E-state index contributed by atoms with van der Waals surface area (Å²) in [6, 6.07) is 24.3. The van der Waals surface area contributed by atoms with E-state index in [2.05, 4.69) is 24.3 Å². The summed E-state index contributed by atoms with van der Waals surface area (Å²) in [4.78, 5) is 0. The van der Waals surface area contributed by atoms with Crippen molar-refractivity contribution in [2.75, 3.05) is 26.4 Å². The fourth-order valence-electron chi connectivity index (χ4n) is 7.18. The van der Waals surface area contributed by atoms with Crippen molar-refractivity contribution in [3.63, 3.8) is 0 Å². The van der Waals surface area contributed by atoms with Gasteiger partial charge < -0.3 is 25.2 Å². The number of aryl methyl sites for hydroxylation is 4. The first kappa shape index (κ1) is 33.5. The molecule has 0 aliphatic carbocycles. The lowest BCUT2D eigenvalue weighted by molar-refractivity contribution is 0.288. The zero-order chi connectivity index (χ0) is 32.9. The van der Waals surface area contributed by atoms with Crippen LogP contribution >= 0.6 is 23.2 Å². The van der Waals surface area contributed by atoms with Crippen LogP contribution in [-0.2, 0) is 25.7 Å². The zero-order valence-corrected chi connectivity index (χ0v) is 27.9. The van der Waals surface area contributed by atoms with Crippen LogP contribution in [-0.4, -0.2) is 46.9 Å². The Labute approximate surface area is 284 Å². The van der Waals surface area contributed by atoms with Crippen molar-refractivity contribution in [3.05, 3.63) is 105 Å². The maximum Gasteiger partial charge on any atom is 0.154 e. The Balaban J connectivity index is 1.70. The Morgan fingerprint density at radius 3 is 1.06 bits per heavy atom. The molecule has 0 aromatic heterocycles. The van der Waals surface area contributed by atoms with Crippen LogP contribution in [0.1, 0.15) is 47.9 Å². The number of rotatable bonds is 14. The summed E-state index contributed by atoms with van der Waals surface area (Å²) in [5.41, 5.74) is 4.31. The van der Waals surface area contributed by atoms with Crippen LogP contribution in [0.3, 0.4) is 0 Å². The fourth-order valence-corrected chi connectivity index (χ4v) is 7.57. The van der Waals surface area contributed by atoms with E-state index in [-0.39, 0.29) is 26.4 Å². The molecule has 244 valence electrons. The lowest BCUT2D eigenvalue weighted by atomic mass is 9.87. The second-order valence-electron chi connectivity index (χ2n) is 12.0. The van der Waals surface area contributed by atoms with Gasteiger partial charge in [0.15, 0.2) is 11.5 Å². The molecule has 0 fully saturated rings. The third-order valence-electron chi connectivity index (χ3n) is 9.17. The number of aliphatic hydroxyl groups is 4. The lowest BCUT2D eigenvalue weighted by Crippen LogP contribution is -2.03. The zero-order valence-electron chi connectivity index (χ0n) is 26.4. The monoisotopic (exact) mass is 670 g/mol. The molecule has 6 rings (SSSR count). The molecule has 0 atom stereocenters. The molecule has 6 aromatic carbocycles. The topological polar surface area (TPSA) is 90.2 Å². The molecule has 0 radical (unpaired) electrons. The van der Waals surface area contributed by atoms with Crippen LogP contribution in [0.15, 0.2) is 72.8 Å². The summed E-state index contributed by atoms with van der Waals surface area (Å²) >= 11 is 14.1. The first-order chi connectivity index (χ1) is 23.0. The molecule has 5 nitrogen and oxygen atoms in total. The van der Waals surface area contributed by atoms with Gasteiger partial charge in [-0.1, -0.05) is 83.9 Å². The van der Waals surface area contributed by atoms with E-state index in [0.29, 0.717) is 72.9 Å². The molecule has 0 saturated carbocycles. The van der Waals surface area contributed by atoms with Crippen molar-refractivity contribution in [1.82, 2.24) is 0 Å². The van der Waals surface area contributed by atoms with Gasteiger partial charge in [-0.15, -0.1) is 0 Å². The van der Waals surface area contributed by atoms with Gasteiger partial charge in [0.2, 0.25) is 0 Å². The van der Waals surface area contributed by atoms with Crippen molar-refractivity contribution in [2.24, 2.45) is 0 Å². The predicted octanol–water partition coefficient (Wildman–Crippen LogP) is 9.10. The largest absolute Gasteiger partial charge is 0.453 e. The number of hydrogen-bond acceptors (Lipinski definition) is 5. The Hall–Kier alpha value is -3.42.